The molecule has 0 amide bonds. The topological polar surface area (TPSA) is 72.6 Å². The van der Waals surface area contributed by atoms with Crippen LogP contribution in [-0.4, -0.2) is 51.3 Å². The van der Waals surface area contributed by atoms with E-state index in [0.717, 1.165) is 25.9 Å². The molecule has 0 aliphatic carbocycles. The Hall–Kier alpha value is -0.170. The minimum absolute atomic E-state index is 0.0253. The van der Waals surface area contributed by atoms with Crippen LogP contribution in [0.5, 0.6) is 0 Å². The second-order valence-corrected chi connectivity index (χ2v) is 6.86. The fourth-order valence-corrected chi connectivity index (χ4v) is 3.54. The summed E-state index contributed by atoms with van der Waals surface area (Å²) in [6, 6.07) is -0.320. The van der Waals surface area contributed by atoms with Crippen molar-refractivity contribution in [3.63, 3.8) is 0 Å². The van der Waals surface area contributed by atoms with Crippen LogP contribution in [0, 0.1) is 5.92 Å². The van der Waals surface area contributed by atoms with E-state index in [2.05, 4.69) is 0 Å². The molecule has 2 unspecified atom stereocenters. The largest absolute Gasteiger partial charge is 0.381 e. The van der Waals surface area contributed by atoms with Crippen molar-refractivity contribution in [2.75, 3.05) is 32.6 Å². The molecule has 1 heterocycles. The van der Waals surface area contributed by atoms with Crippen molar-refractivity contribution in [3.8, 4) is 0 Å². The number of hydrogen-bond acceptors (Lipinski definition) is 4. The third-order valence-corrected chi connectivity index (χ3v) is 5.16. The van der Waals surface area contributed by atoms with Crippen molar-refractivity contribution < 1.29 is 13.2 Å². The molecule has 1 rings (SSSR count). The highest BCUT2D eigenvalue weighted by Crippen LogP contribution is 2.18. The minimum atomic E-state index is -3.22. The molecule has 1 aliphatic rings. The highest BCUT2D eigenvalue weighted by Gasteiger charge is 2.27. The average molecular weight is 264 g/mol. The van der Waals surface area contributed by atoms with Gasteiger partial charge in [0, 0.05) is 26.2 Å². The van der Waals surface area contributed by atoms with Gasteiger partial charge in [-0.05, 0) is 25.2 Å². The first-order valence-electron chi connectivity index (χ1n) is 6.24. The van der Waals surface area contributed by atoms with Crippen molar-refractivity contribution >= 4 is 10.0 Å². The Bertz CT molecular complexity index is 313. The van der Waals surface area contributed by atoms with Gasteiger partial charge in [0.1, 0.15) is 0 Å². The van der Waals surface area contributed by atoms with E-state index in [9.17, 15) is 8.42 Å². The standard InChI is InChI=1S/C11H24N2O3S/c1-3-6-13(2)17(14,15)9-11(12)10-5-4-7-16-8-10/h10-11H,3-9,12H2,1-2H3. The smallest absolute Gasteiger partial charge is 0.215 e. The van der Waals surface area contributed by atoms with Crippen molar-refractivity contribution in [3.05, 3.63) is 0 Å². The summed E-state index contributed by atoms with van der Waals surface area (Å²) < 4.78 is 30.7. The van der Waals surface area contributed by atoms with E-state index >= 15 is 0 Å². The highest BCUT2D eigenvalue weighted by atomic mass is 32.2. The average Bonchev–Trinajstić information content (AvgIpc) is 2.30. The van der Waals surface area contributed by atoms with Crippen molar-refractivity contribution in [2.45, 2.75) is 32.2 Å². The molecule has 0 aromatic heterocycles. The van der Waals surface area contributed by atoms with E-state index < -0.39 is 10.0 Å². The third kappa shape index (κ3) is 4.54. The monoisotopic (exact) mass is 264 g/mol. The quantitative estimate of drug-likeness (QED) is 0.754. The van der Waals surface area contributed by atoms with E-state index in [4.69, 9.17) is 10.5 Å². The van der Waals surface area contributed by atoms with E-state index in [1.807, 2.05) is 6.92 Å². The maximum absolute atomic E-state index is 12.0. The van der Waals surface area contributed by atoms with Crippen molar-refractivity contribution in [1.29, 1.82) is 0 Å². The molecule has 17 heavy (non-hydrogen) atoms. The first kappa shape index (κ1) is 14.9. The Labute approximate surface area is 104 Å². The van der Waals surface area contributed by atoms with E-state index in [1.54, 1.807) is 7.05 Å². The van der Waals surface area contributed by atoms with Crippen LogP contribution in [0.3, 0.4) is 0 Å². The molecule has 2 atom stereocenters. The minimum Gasteiger partial charge on any atom is -0.381 e. The van der Waals surface area contributed by atoms with Crippen LogP contribution >= 0.6 is 0 Å². The molecule has 1 saturated heterocycles. The van der Waals surface area contributed by atoms with Gasteiger partial charge in [-0.3, -0.25) is 0 Å². The normalized spacial score (nSPS) is 23.9. The molecule has 0 aromatic rings. The van der Waals surface area contributed by atoms with Gasteiger partial charge >= 0.3 is 0 Å². The summed E-state index contributed by atoms with van der Waals surface area (Å²) in [5.41, 5.74) is 5.98. The van der Waals surface area contributed by atoms with Crippen LogP contribution in [0.15, 0.2) is 0 Å². The molecule has 1 aliphatic heterocycles. The fraction of sp³-hybridized carbons (Fsp3) is 1.00. The van der Waals surface area contributed by atoms with Gasteiger partial charge in [-0.15, -0.1) is 0 Å². The maximum atomic E-state index is 12.0. The maximum Gasteiger partial charge on any atom is 0.215 e. The Balaban J connectivity index is 2.51. The SMILES string of the molecule is CCCN(C)S(=O)(=O)CC(N)C1CCCOC1. The number of ether oxygens (including phenoxy) is 1. The molecule has 0 saturated carbocycles. The number of rotatable bonds is 6. The van der Waals surface area contributed by atoms with Crippen LogP contribution in [0.2, 0.25) is 0 Å². The van der Waals surface area contributed by atoms with E-state index in [0.29, 0.717) is 13.2 Å². The zero-order chi connectivity index (χ0) is 12.9. The second kappa shape index (κ2) is 6.68. The predicted octanol–water partition coefficient (Wildman–Crippen LogP) is 0.412. The molecule has 2 N–H and O–H groups in total. The summed E-state index contributed by atoms with van der Waals surface area (Å²) in [6.45, 7) is 3.87. The van der Waals surface area contributed by atoms with Gasteiger partial charge in [-0.2, -0.15) is 0 Å². The molecular weight excluding hydrogens is 240 g/mol. The van der Waals surface area contributed by atoms with Crippen LogP contribution < -0.4 is 5.73 Å². The Kier molecular flexibility index (Phi) is 5.85. The van der Waals surface area contributed by atoms with E-state index in [-0.39, 0.29) is 17.7 Å². The van der Waals surface area contributed by atoms with Gasteiger partial charge < -0.3 is 10.5 Å². The summed E-state index contributed by atoms with van der Waals surface area (Å²) in [5.74, 6) is 0.200. The summed E-state index contributed by atoms with van der Waals surface area (Å²) in [4.78, 5) is 0. The fourth-order valence-electron chi connectivity index (χ4n) is 2.06. The van der Waals surface area contributed by atoms with Gasteiger partial charge in [0.15, 0.2) is 0 Å². The lowest BCUT2D eigenvalue weighted by molar-refractivity contribution is 0.0475. The van der Waals surface area contributed by atoms with Gasteiger partial charge in [0.2, 0.25) is 10.0 Å². The van der Waals surface area contributed by atoms with Gasteiger partial charge in [-0.1, -0.05) is 6.92 Å². The molecule has 5 nitrogen and oxygen atoms in total. The Morgan fingerprint density at radius 2 is 2.24 bits per heavy atom. The van der Waals surface area contributed by atoms with Crippen LogP contribution in [0.25, 0.3) is 0 Å². The van der Waals surface area contributed by atoms with Gasteiger partial charge in [-0.25, -0.2) is 12.7 Å². The lowest BCUT2D eigenvalue weighted by Crippen LogP contribution is -2.44. The molecule has 6 heteroatoms. The number of hydrogen-bond donors (Lipinski definition) is 1. The van der Waals surface area contributed by atoms with Gasteiger partial charge in [0.05, 0.1) is 12.4 Å². The second-order valence-electron chi connectivity index (χ2n) is 4.74. The zero-order valence-corrected chi connectivity index (χ0v) is 11.6. The highest BCUT2D eigenvalue weighted by molar-refractivity contribution is 7.89. The molecule has 0 bridgehead atoms. The summed E-state index contributed by atoms with van der Waals surface area (Å²) in [7, 11) is -1.60. The Morgan fingerprint density at radius 1 is 1.53 bits per heavy atom. The lowest BCUT2D eigenvalue weighted by atomic mass is 9.96. The van der Waals surface area contributed by atoms with Crippen LogP contribution in [-0.2, 0) is 14.8 Å². The lowest BCUT2D eigenvalue weighted by Gasteiger charge is -2.28. The summed E-state index contributed by atoms with van der Waals surface area (Å²) in [6.07, 6.45) is 2.76. The number of nitrogens with zero attached hydrogens (tertiary/aromatic N) is 1. The molecule has 0 aromatic carbocycles. The number of nitrogens with two attached hydrogens (primary N) is 1. The van der Waals surface area contributed by atoms with Crippen LogP contribution in [0.1, 0.15) is 26.2 Å². The van der Waals surface area contributed by atoms with Crippen LogP contribution in [0.4, 0.5) is 0 Å². The summed E-state index contributed by atoms with van der Waals surface area (Å²) >= 11 is 0. The first-order chi connectivity index (χ1) is 7.97. The molecule has 0 radical (unpaired) electrons. The van der Waals surface area contributed by atoms with Crippen molar-refractivity contribution in [1.82, 2.24) is 4.31 Å². The molecule has 102 valence electrons. The molecular formula is C11H24N2O3S. The zero-order valence-electron chi connectivity index (χ0n) is 10.8. The number of sulfonamides is 1. The first-order valence-corrected chi connectivity index (χ1v) is 7.85. The predicted molar refractivity (Wildman–Crippen MR) is 68.2 cm³/mol. The van der Waals surface area contributed by atoms with E-state index in [1.165, 1.54) is 4.31 Å². The Morgan fingerprint density at radius 3 is 2.76 bits per heavy atom. The van der Waals surface area contributed by atoms with Crippen molar-refractivity contribution in [2.24, 2.45) is 11.7 Å². The summed E-state index contributed by atoms with van der Waals surface area (Å²) in [5, 5.41) is 0. The molecule has 1 fully saturated rings. The third-order valence-electron chi connectivity index (χ3n) is 3.22. The van der Waals surface area contributed by atoms with Gasteiger partial charge in [0.25, 0.3) is 0 Å². The molecule has 0 spiro atoms.